The lowest BCUT2D eigenvalue weighted by molar-refractivity contribution is 0.436. The second-order valence-electron chi connectivity index (χ2n) is 5.00. The molecule has 6 heteroatoms. The Morgan fingerprint density at radius 3 is 2.15 bits per heavy atom. The van der Waals surface area contributed by atoms with Crippen LogP contribution in [0.15, 0.2) is 0 Å². The van der Waals surface area contributed by atoms with Gasteiger partial charge < -0.3 is 16.0 Å². The van der Waals surface area contributed by atoms with Crippen molar-refractivity contribution < 1.29 is 0 Å². The number of nitrogens with one attached hydrogen (secondary N) is 1. The van der Waals surface area contributed by atoms with Crippen LogP contribution < -0.4 is 16.0 Å². The van der Waals surface area contributed by atoms with Gasteiger partial charge in [0.25, 0.3) is 0 Å². The maximum absolute atomic E-state index is 5.79. The van der Waals surface area contributed by atoms with Gasteiger partial charge in [-0.25, -0.2) is 0 Å². The molecule has 1 heterocycles. The van der Waals surface area contributed by atoms with E-state index < -0.39 is 0 Å². The lowest BCUT2D eigenvalue weighted by Gasteiger charge is -2.24. The molecule has 20 heavy (non-hydrogen) atoms. The molecular weight excluding hydrogens is 252 g/mol. The topological polar surface area (TPSA) is 80.0 Å². The van der Waals surface area contributed by atoms with Crippen LogP contribution in [0.2, 0.25) is 0 Å². The molecule has 3 N–H and O–H groups in total. The number of anilines is 3. The molecule has 0 aliphatic rings. The van der Waals surface area contributed by atoms with Gasteiger partial charge in [-0.2, -0.15) is 15.0 Å². The number of hydrogen-bond donors (Lipinski definition) is 2. The van der Waals surface area contributed by atoms with Crippen molar-refractivity contribution in [2.24, 2.45) is 5.92 Å². The molecule has 0 fully saturated rings. The normalized spacial score (nSPS) is 12.5. The van der Waals surface area contributed by atoms with E-state index in [1.807, 2.05) is 0 Å². The van der Waals surface area contributed by atoms with Crippen LogP contribution in [0.1, 0.15) is 47.5 Å². The molecule has 0 bridgehead atoms. The zero-order valence-corrected chi connectivity index (χ0v) is 13.3. The Bertz CT molecular complexity index is 401. The Hall–Kier alpha value is -1.59. The number of rotatable bonds is 8. The molecule has 1 unspecified atom stereocenters. The molecule has 1 aromatic rings. The fourth-order valence-electron chi connectivity index (χ4n) is 2.41. The van der Waals surface area contributed by atoms with Gasteiger partial charge in [-0.3, -0.25) is 0 Å². The van der Waals surface area contributed by atoms with Crippen LogP contribution >= 0.6 is 0 Å². The van der Waals surface area contributed by atoms with Crippen LogP contribution in [0.25, 0.3) is 0 Å². The zero-order valence-electron chi connectivity index (χ0n) is 13.3. The standard InChI is InChI=1S/C14H28N6/c1-6-11(7-2)10(5)16-13-17-12(15)18-14(19-13)20(8-3)9-4/h10-11H,6-9H2,1-5H3,(H3,15,16,17,18,19). The fourth-order valence-corrected chi connectivity index (χ4v) is 2.41. The predicted molar refractivity (Wildman–Crippen MR) is 85.0 cm³/mol. The van der Waals surface area contributed by atoms with Crippen LogP contribution in [-0.2, 0) is 0 Å². The van der Waals surface area contributed by atoms with Crippen molar-refractivity contribution in [1.82, 2.24) is 15.0 Å². The first-order valence-corrected chi connectivity index (χ1v) is 7.58. The molecule has 0 radical (unpaired) electrons. The van der Waals surface area contributed by atoms with Crippen LogP contribution in [0.4, 0.5) is 17.8 Å². The average molecular weight is 280 g/mol. The summed E-state index contributed by atoms with van der Waals surface area (Å²) in [6, 6.07) is 0.316. The zero-order chi connectivity index (χ0) is 15.1. The predicted octanol–water partition coefficient (Wildman–Crippen LogP) is 2.54. The van der Waals surface area contributed by atoms with E-state index in [0.717, 1.165) is 25.9 Å². The smallest absolute Gasteiger partial charge is 0.231 e. The summed E-state index contributed by atoms with van der Waals surface area (Å²) >= 11 is 0. The second-order valence-corrected chi connectivity index (χ2v) is 5.00. The van der Waals surface area contributed by atoms with E-state index in [1.54, 1.807) is 0 Å². The number of nitrogens with two attached hydrogens (primary N) is 1. The van der Waals surface area contributed by atoms with E-state index in [-0.39, 0.29) is 5.95 Å². The summed E-state index contributed by atoms with van der Waals surface area (Å²) in [5, 5.41) is 3.36. The van der Waals surface area contributed by atoms with E-state index >= 15 is 0 Å². The van der Waals surface area contributed by atoms with Crippen molar-refractivity contribution in [3.05, 3.63) is 0 Å². The van der Waals surface area contributed by atoms with Crippen LogP contribution in [-0.4, -0.2) is 34.1 Å². The van der Waals surface area contributed by atoms with Crippen molar-refractivity contribution in [3.8, 4) is 0 Å². The van der Waals surface area contributed by atoms with Crippen molar-refractivity contribution in [3.63, 3.8) is 0 Å². The Kier molecular flexibility index (Phi) is 6.48. The minimum absolute atomic E-state index is 0.265. The molecule has 0 saturated heterocycles. The Balaban J connectivity index is 2.90. The SMILES string of the molecule is CCC(CC)C(C)Nc1nc(N)nc(N(CC)CC)n1. The van der Waals surface area contributed by atoms with Crippen LogP contribution in [0, 0.1) is 5.92 Å². The third kappa shape index (κ3) is 4.21. The molecule has 6 nitrogen and oxygen atoms in total. The van der Waals surface area contributed by atoms with Crippen molar-refractivity contribution in [2.75, 3.05) is 29.0 Å². The molecule has 0 aliphatic heterocycles. The fraction of sp³-hybridized carbons (Fsp3) is 0.786. The molecule has 1 rings (SSSR count). The average Bonchev–Trinajstić information content (AvgIpc) is 2.40. The molecule has 0 spiro atoms. The summed E-state index contributed by atoms with van der Waals surface area (Å²) in [6.45, 7) is 12.4. The molecule has 0 saturated carbocycles. The minimum atomic E-state index is 0.265. The van der Waals surface area contributed by atoms with Gasteiger partial charge in [0.1, 0.15) is 0 Å². The highest BCUT2D eigenvalue weighted by atomic mass is 15.3. The first-order valence-electron chi connectivity index (χ1n) is 7.58. The Morgan fingerprint density at radius 1 is 1.05 bits per heavy atom. The molecule has 1 atom stereocenters. The maximum Gasteiger partial charge on any atom is 0.231 e. The molecule has 0 aliphatic carbocycles. The van der Waals surface area contributed by atoms with E-state index in [1.165, 1.54) is 0 Å². The van der Waals surface area contributed by atoms with Gasteiger partial charge in [-0.1, -0.05) is 26.7 Å². The van der Waals surface area contributed by atoms with Crippen molar-refractivity contribution >= 4 is 17.8 Å². The van der Waals surface area contributed by atoms with E-state index in [2.05, 4.69) is 59.8 Å². The summed E-state index contributed by atoms with van der Waals surface area (Å²) in [4.78, 5) is 14.9. The number of aromatic nitrogens is 3. The summed E-state index contributed by atoms with van der Waals surface area (Å²) in [5.41, 5.74) is 5.79. The summed E-state index contributed by atoms with van der Waals surface area (Å²) in [5.74, 6) is 2.08. The van der Waals surface area contributed by atoms with Gasteiger partial charge in [-0.05, 0) is 26.7 Å². The summed E-state index contributed by atoms with van der Waals surface area (Å²) < 4.78 is 0. The number of nitrogen functional groups attached to an aromatic ring is 1. The monoisotopic (exact) mass is 280 g/mol. The largest absolute Gasteiger partial charge is 0.368 e. The molecule has 114 valence electrons. The Labute approximate surface area is 122 Å². The highest BCUT2D eigenvalue weighted by Gasteiger charge is 2.16. The lowest BCUT2D eigenvalue weighted by atomic mass is 9.96. The summed E-state index contributed by atoms with van der Waals surface area (Å²) in [7, 11) is 0. The second kappa shape index (κ2) is 7.87. The Morgan fingerprint density at radius 2 is 1.65 bits per heavy atom. The first-order chi connectivity index (χ1) is 9.55. The van der Waals surface area contributed by atoms with Crippen LogP contribution in [0.5, 0.6) is 0 Å². The lowest BCUT2D eigenvalue weighted by Crippen LogP contribution is -2.28. The highest BCUT2D eigenvalue weighted by molar-refractivity contribution is 5.42. The van der Waals surface area contributed by atoms with Gasteiger partial charge in [0.05, 0.1) is 0 Å². The quantitative estimate of drug-likeness (QED) is 0.761. The van der Waals surface area contributed by atoms with Gasteiger partial charge in [-0.15, -0.1) is 0 Å². The third-order valence-corrected chi connectivity index (χ3v) is 3.80. The molecular formula is C14H28N6. The molecule has 0 aromatic carbocycles. The van der Waals surface area contributed by atoms with Crippen molar-refractivity contribution in [1.29, 1.82) is 0 Å². The number of hydrogen-bond acceptors (Lipinski definition) is 6. The molecule has 0 amide bonds. The first kappa shape index (κ1) is 16.5. The summed E-state index contributed by atoms with van der Waals surface area (Å²) in [6.07, 6.45) is 2.27. The van der Waals surface area contributed by atoms with Gasteiger partial charge in [0, 0.05) is 19.1 Å². The molecule has 1 aromatic heterocycles. The van der Waals surface area contributed by atoms with Crippen LogP contribution in [0.3, 0.4) is 0 Å². The third-order valence-electron chi connectivity index (χ3n) is 3.80. The highest BCUT2D eigenvalue weighted by Crippen LogP contribution is 2.18. The van der Waals surface area contributed by atoms with Gasteiger partial charge in [0.15, 0.2) is 0 Å². The maximum atomic E-state index is 5.79. The van der Waals surface area contributed by atoms with Gasteiger partial charge in [0.2, 0.25) is 17.8 Å². The van der Waals surface area contributed by atoms with E-state index in [0.29, 0.717) is 23.9 Å². The van der Waals surface area contributed by atoms with E-state index in [4.69, 9.17) is 5.73 Å². The number of nitrogens with zero attached hydrogens (tertiary/aromatic N) is 4. The van der Waals surface area contributed by atoms with E-state index in [9.17, 15) is 0 Å². The van der Waals surface area contributed by atoms with Crippen molar-refractivity contribution in [2.45, 2.75) is 53.5 Å². The minimum Gasteiger partial charge on any atom is -0.368 e. The van der Waals surface area contributed by atoms with Gasteiger partial charge >= 0.3 is 0 Å².